The van der Waals surface area contributed by atoms with Gasteiger partial charge in [-0.25, -0.2) is 13.1 Å². The molecule has 0 radical (unpaired) electrons. The normalized spacial score (nSPS) is 22.0. The molecule has 78 valence electrons. The molecule has 1 saturated carbocycles. The van der Waals surface area contributed by atoms with Crippen LogP contribution in [0.25, 0.3) is 0 Å². The van der Waals surface area contributed by atoms with Gasteiger partial charge in [0, 0.05) is 6.04 Å². The first-order valence-corrected chi connectivity index (χ1v) is 6.70. The molecule has 1 atom stereocenters. The minimum atomic E-state index is -3.01. The molecule has 0 aromatic heterocycles. The van der Waals surface area contributed by atoms with Crippen LogP contribution in [-0.4, -0.2) is 20.2 Å². The van der Waals surface area contributed by atoms with Crippen molar-refractivity contribution < 1.29 is 8.42 Å². The molecule has 0 unspecified atom stereocenters. The van der Waals surface area contributed by atoms with Gasteiger partial charge in [0.2, 0.25) is 10.0 Å². The lowest BCUT2D eigenvalue weighted by Crippen LogP contribution is -2.37. The third-order valence-corrected chi connectivity index (χ3v) is 4.34. The molecule has 1 N–H and O–H groups in total. The first kappa shape index (κ1) is 11.0. The van der Waals surface area contributed by atoms with E-state index in [-0.39, 0.29) is 11.8 Å². The summed E-state index contributed by atoms with van der Waals surface area (Å²) in [6.45, 7) is 3.65. The second-order valence-electron chi connectivity index (χ2n) is 3.85. The Morgan fingerprint density at radius 2 is 1.92 bits per heavy atom. The Hall–Kier alpha value is -0.0900. The zero-order valence-corrected chi connectivity index (χ0v) is 9.23. The van der Waals surface area contributed by atoms with Gasteiger partial charge in [-0.3, -0.25) is 0 Å². The summed E-state index contributed by atoms with van der Waals surface area (Å²) in [5.41, 5.74) is 0. The number of nitrogens with one attached hydrogen (secondary N) is 1. The summed E-state index contributed by atoms with van der Waals surface area (Å²) in [5.74, 6) is 0.741. The van der Waals surface area contributed by atoms with E-state index in [1.807, 2.05) is 6.92 Å². The van der Waals surface area contributed by atoms with Gasteiger partial charge >= 0.3 is 0 Å². The van der Waals surface area contributed by atoms with Crippen molar-refractivity contribution in [3.63, 3.8) is 0 Å². The molecule has 0 bridgehead atoms. The van der Waals surface area contributed by atoms with E-state index < -0.39 is 10.0 Å². The van der Waals surface area contributed by atoms with Gasteiger partial charge in [-0.1, -0.05) is 12.8 Å². The zero-order valence-electron chi connectivity index (χ0n) is 8.41. The van der Waals surface area contributed by atoms with Crippen LogP contribution >= 0.6 is 0 Å². The van der Waals surface area contributed by atoms with Crippen LogP contribution < -0.4 is 4.72 Å². The van der Waals surface area contributed by atoms with Crippen molar-refractivity contribution in [2.45, 2.75) is 45.6 Å². The molecule has 0 heterocycles. The molecular weight excluding hydrogens is 186 g/mol. The molecule has 1 fully saturated rings. The van der Waals surface area contributed by atoms with Crippen molar-refractivity contribution in [2.24, 2.45) is 5.92 Å². The number of sulfonamides is 1. The van der Waals surface area contributed by atoms with Crippen molar-refractivity contribution in [3.05, 3.63) is 0 Å². The highest BCUT2D eigenvalue weighted by molar-refractivity contribution is 7.89. The molecule has 0 aromatic rings. The summed E-state index contributed by atoms with van der Waals surface area (Å²) >= 11 is 0. The van der Waals surface area contributed by atoms with Crippen molar-refractivity contribution in [2.75, 3.05) is 5.75 Å². The highest BCUT2D eigenvalue weighted by Gasteiger charge is 2.24. The van der Waals surface area contributed by atoms with Gasteiger partial charge in [0.1, 0.15) is 0 Å². The Balaban J connectivity index is 2.44. The fourth-order valence-electron chi connectivity index (χ4n) is 1.92. The molecule has 3 nitrogen and oxygen atoms in total. The lowest BCUT2D eigenvalue weighted by molar-refractivity contribution is 0.424. The molecule has 0 saturated heterocycles. The third kappa shape index (κ3) is 3.27. The number of hydrogen-bond acceptors (Lipinski definition) is 2. The van der Waals surface area contributed by atoms with Crippen LogP contribution in [0.2, 0.25) is 0 Å². The fraction of sp³-hybridized carbons (Fsp3) is 1.00. The zero-order chi connectivity index (χ0) is 9.90. The van der Waals surface area contributed by atoms with Gasteiger partial charge in [-0.05, 0) is 32.6 Å². The molecule has 0 aromatic carbocycles. The maximum Gasteiger partial charge on any atom is 0.211 e. The van der Waals surface area contributed by atoms with Crippen LogP contribution in [0.5, 0.6) is 0 Å². The Morgan fingerprint density at radius 1 is 1.38 bits per heavy atom. The van der Waals surface area contributed by atoms with Crippen molar-refractivity contribution >= 4 is 10.0 Å². The molecule has 4 heteroatoms. The predicted octanol–water partition coefficient (Wildman–Crippen LogP) is 1.50. The van der Waals surface area contributed by atoms with Gasteiger partial charge in [-0.15, -0.1) is 0 Å². The first-order valence-electron chi connectivity index (χ1n) is 5.05. The monoisotopic (exact) mass is 205 g/mol. The Labute approximate surface area is 81.0 Å². The quantitative estimate of drug-likeness (QED) is 0.756. The predicted molar refractivity (Wildman–Crippen MR) is 54.0 cm³/mol. The Bertz CT molecular complexity index is 242. The van der Waals surface area contributed by atoms with Crippen LogP contribution in [0.15, 0.2) is 0 Å². The van der Waals surface area contributed by atoms with Crippen LogP contribution in [0.1, 0.15) is 39.5 Å². The van der Waals surface area contributed by atoms with Gasteiger partial charge in [0.05, 0.1) is 5.75 Å². The number of hydrogen-bond donors (Lipinski definition) is 1. The van der Waals surface area contributed by atoms with E-state index >= 15 is 0 Å². The van der Waals surface area contributed by atoms with E-state index in [0.29, 0.717) is 5.92 Å². The maximum absolute atomic E-state index is 11.3. The number of rotatable bonds is 4. The van der Waals surface area contributed by atoms with Crippen LogP contribution in [0.4, 0.5) is 0 Å². The van der Waals surface area contributed by atoms with E-state index in [1.54, 1.807) is 6.92 Å². The SMILES string of the molecule is CCS(=O)(=O)N[C@@H](C)C1CCCC1. The van der Waals surface area contributed by atoms with Crippen LogP contribution in [0.3, 0.4) is 0 Å². The minimum Gasteiger partial charge on any atom is -0.212 e. The summed E-state index contributed by atoms with van der Waals surface area (Å²) in [6, 6.07) is 0.118. The molecule has 1 aliphatic carbocycles. The first-order chi connectivity index (χ1) is 6.05. The van der Waals surface area contributed by atoms with Crippen molar-refractivity contribution in [1.29, 1.82) is 0 Å². The van der Waals surface area contributed by atoms with E-state index in [1.165, 1.54) is 25.7 Å². The van der Waals surface area contributed by atoms with Gasteiger partial charge in [0.25, 0.3) is 0 Å². The summed E-state index contributed by atoms with van der Waals surface area (Å²) in [5, 5.41) is 0. The van der Waals surface area contributed by atoms with E-state index in [4.69, 9.17) is 0 Å². The van der Waals surface area contributed by atoms with E-state index in [0.717, 1.165) is 0 Å². The smallest absolute Gasteiger partial charge is 0.211 e. The van der Waals surface area contributed by atoms with Crippen molar-refractivity contribution in [1.82, 2.24) is 4.72 Å². The fourth-order valence-corrected chi connectivity index (χ4v) is 2.85. The third-order valence-electron chi connectivity index (χ3n) is 2.85. The summed E-state index contributed by atoms with van der Waals surface area (Å²) in [4.78, 5) is 0. The van der Waals surface area contributed by atoms with Gasteiger partial charge in [0.15, 0.2) is 0 Å². The van der Waals surface area contributed by atoms with Crippen molar-refractivity contribution in [3.8, 4) is 0 Å². The van der Waals surface area contributed by atoms with E-state index in [2.05, 4.69) is 4.72 Å². The Morgan fingerprint density at radius 3 is 2.38 bits per heavy atom. The lowest BCUT2D eigenvalue weighted by Gasteiger charge is -2.19. The van der Waals surface area contributed by atoms with Gasteiger partial charge < -0.3 is 0 Å². The molecular formula is C9H19NO2S. The molecule has 0 amide bonds. The minimum absolute atomic E-state index is 0.118. The van der Waals surface area contributed by atoms with Crippen LogP contribution in [-0.2, 0) is 10.0 Å². The second kappa shape index (κ2) is 4.42. The summed E-state index contributed by atoms with van der Waals surface area (Å²) in [7, 11) is -3.01. The highest BCUT2D eigenvalue weighted by atomic mass is 32.2. The highest BCUT2D eigenvalue weighted by Crippen LogP contribution is 2.27. The second-order valence-corrected chi connectivity index (χ2v) is 5.90. The van der Waals surface area contributed by atoms with Gasteiger partial charge in [-0.2, -0.15) is 0 Å². The molecule has 0 aliphatic heterocycles. The molecule has 1 rings (SSSR count). The largest absolute Gasteiger partial charge is 0.212 e. The topological polar surface area (TPSA) is 46.2 Å². The standard InChI is InChI=1S/C9H19NO2S/c1-3-13(11,12)10-8(2)9-6-4-5-7-9/h8-10H,3-7H2,1-2H3/t8-/m0/s1. The summed E-state index contributed by atoms with van der Waals surface area (Å²) in [6.07, 6.45) is 4.85. The van der Waals surface area contributed by atoms with E-state index in [9.17, 15) is 8.42 Å². The molecule has 1 aliphatic rings. The Kier molecular flexibility index (Phi) is 3.74. The molecule has 13 heavy (non-hydrogen) atoms. The maximum atomic E-state index is 11.3. The average molecular weight is 205 g/mol. The average Bonchev–Trinajstić information content (AvgIpc) is 2.55. The van der Waals surface area contributed by atoms with Crippen LogP contribution in [0, 0.1) is 5.92 Å². The lowest BCUT2D eigenvalue weighted by atomic mass is 10.0. The summed E-state index contributed by atoms with van der Waals surface area (Å²) < 4.78 is 25.2. The molecule has 0 spiro atoms.